The number of nitrogens with zero attached hydrogens (tertiary/aromatic N) is 1. The van der Waals surface area contributed by atoms with Gasteiger partial charge in [0.25, 0.3) is 0 Å². The number of carbonyl (C=O) groups is 3. The number of ketones is 1. The fourth-order valence-corrected chi connectivity index (χ4v) is 3.00. The molecule has 6 heteroatoms. The molecule has 0 bridgehead atoms. The van der Waals surface area contributed by atoms with E-state index in [2.05, 4.69) is 5.32 Å². The van der Waals surface area contributed by atoms with E-state index in [1.165, 1.54) is 6.92 Å². The smallest absolute Gasteiger partial charge is 0.246 e. The molecule has 2 fully saturated rings. The maximum Gasteiger partial charge on any atom is 0.246 e. The van der Waals surface area contributed by atoms with E-state index in [0.29, 0.717) is 6.42 Å². The van der Waals surface area contributed by atoms with Gasteiger partial charge in [-0.3, -0.25) is 14.4 Å². The normalized spacial score (nSPS) is 31.8. The lowest BCUT2D eigenvalue weighted by molar-refractivity contribution is -0.145. The van der Waals surface area contributed by atoms with Crippen LogP contribution in [-0.4, -0.2) is 46.7 Å². The summed E-state index contributed by atoms with van der Waals surface area (Å²) < 4.78 is 0. The number of rotatable bonds is 3. The zero-order chi connectivity index (χ0) is 14.2. The molecular weight excluding hydrogens is 246 g/mol. The van der Waals surface area contributed by atoms with E-state index in [9.17, 15) is 14.4 Å². The third-order valence-corrected chi connectivity index (χ3v) is 4.04. The van der Waals surface area contributed by atoms with Crippen LogP contribution >= 0.6 is 0 Å². The lowest BCUT2D eigenvalue weighted by Crippen LogP contribution is -2.58. The Morgan fingerprint density at radius 1 is 1.32 bits per heavy atom. The van der Waals surface area contributed by atoms with Gasteiger partial charge < -0.3 is 16.0 Å². The van der Waals surface area contributed by atoms with Crippen LogP contribution in [0.3, 0.4) is 0 Å². The average Bonchev–Trinajstić information content (AvgIpc) is 2.77. The van der Waals surface area contributed by atoms with E-state index in [0.717, 1.165) is 19.3 Å². The summed E-state index contributed by atoms with van der Waals surface area (Å²) >= 11 is 0. The molecule has 2 aliphatic rings. The minimum Gasteiger partial charge on any atom is -0.343 e. The van der Waals surface area contributed by atoms with Crippen molar-refractivity contribution in [3.05, 3.63) is 0 Å². The van der Waals surface area contributed by atoms with Crippen molar-refractivity contribution >= 4 is 17.6 Å². The Balaban J connectivity index is 2.08. The molecule has 4 atom stereocenters. The number of amides is 2. The monoisotopic (exact) mass is 267 g/mol. The summed E-state index contributed by atoms with van der Waals surface area (Å²) in [6.07, 6.45) is 3.08. The summed E-state index contributed by atoms with van der Waals surface area (Å²) in [5.41, 5.74) is 5.49. The number of piperidine rings is 1. The molecule has 0 radical (unpaired) electrons. The van der Waals surface area contributed by atoms with Crippen LogP contribution in [-0.2, 0) is 14.4 Å². The minimum atomic E-state index is -0.632. The van der Waals surface area contributed by atoms with Gasteiger partial charge in [-0.05, 0) is 39.5 Å². The molecule has 2 aliphatic heterocycles. The Hall–Kier alpha value is -1.43. The largest absolute Gasteiger partial charge is 0.343 e. The van der Waals surface area contributed by atoms with Gasteiger partial charge in [-0.2, -0.15) is 0 Å². The molecule has 0 spiro atoms. The van der Waals surface area contributed by atoms with Crippen LogP contribution < -0.4 is 11.1 Å². The molecular formula is C13H21N3O3. The van der Waals surface area contributed by atoms with Crippen molar-refractivity contribution in [2.75, 3.05) is 0 Å². The summed E-state index contributed by atoms with van der Waals surface area (Å²) in [6.45, 7) is 3.10. The highest BCUT2D eigenvalue weighted by molar-refractivity contribution is 5.94. The molecule has 0 aromatic carbocycles. The predicted molar refractivity (Wildman–Crippen MR) is 69.2 cm³/mol. The van der Waals surface area contributed by atoms with Crippen LogP contribution in [0.1, 0.15) is 39.5 Å². The number of nitrogens with two attached hydrogens (primary N) is 1. The quantitative estimate of drug-likeness (QED) is 0.725. The van der Waals surface area contributed by atoms with Gasteiger partial charge >= 0.3 is 0 Å². The molecule has 0 unspecified atom stereocenters. The summed E-state index contributed by atoms with van der Waals surface area (Å²) in [5.74, 6) is -0.437. The topological polar surface area (TPSA) is 92.5 Å². The van der Waals surface area contributed by atoms with Crippen molar-refractivity contribution in [2.24, 2.45) is 5.73 Å². The number of Topliss-reactive ketones (excluding diaryl/α,β-unsaturated/α-hetero) is 1. The van der Waals surface area contributed by atoms with E-state index >= 15 is 0 Å². The SMILES string of the molecule is CC(=O)[C@@H]1CC[C@@H]2CC[C@H](NC(=O)[C@H](C)N)C(=O)N21. The molecule has 19 heavy (non-hydrogen) atoms. The Morgan fingerprint density at radius 2 is 1.95 bits per heavy atom. The van der Waals surface area contributed by atoms with Gasteiger partial charge in [0.05, 0.1) is 12.1 Å². The zero-order valence-corrected chi connectivity index (χ0v) is 11.4. The molecule has 2 heterocycles. The molecule has 0 saturated carbocycles. The summed E-state index contributed by atoms with van der Waals surface area (Å²) in [5, 5.41) is 2.67. The van der Waals surface area contributed by atoms with E-state index in [1.54, 1.807) is 11.8 Å². The fraction of sp³-hybridized carbons (Fsp3) is 0.769. The Bertz CT molecular complexity index is 408. The Kier molecular flexibility index (Phi) is 3.89. The molecule has 2 rings (SSSR count). The number of hydrogen-bond donors (Lipinski definition) is 2. The van der Waals surface area contributed by atoms with Gasteiger partial charge in [0.15, 0.2) is 5.78 Å². The molecule has 2 saturated heterocycles. The van der Waals surface area contributed by atoms with Gasteiger partial charge in [0, 0.05) is 6.04 Å². The number of nitrogens with one attached hydrogen (secondary N) is 1. The van der Waals surface area contributed by atoms with Crippen LogP contribution in [0.25, 0.3) is 0 Å². The lowest BCUT2D eigenvalue weighted by atomic mass is 9.97. The minimum absolute atomic E-state index is 0.0232. The van der Waals surface area contributed by atoms with E-state index in [1.807, 2.05) is 0 Å². The zero-order valence-electron chi connectivity index (χ0n) is 11.4. The third kappa shape index (κ3) is 2.63. The highest BCUT2D eigenvalue weighted by Gasteiger charge is 2.45. The molecule has 0 aliphatic carbocycles. The van der Waals surface area contributed by atoms with Crippen LogP contribution in [0.2, 0.25) is 0 Å². The number of fused-ring (bicyclic) bond motifs is 1. The molecule has 0 aromatic heterocycles. The van der Waals surface area contributed by atoms with Gasteiger partial charge in [-0.25, -0.2) is 0 Å². The summed E-state index contributed by atoms with van der Waals surface area (Å²) in [4.78, 5) is 37.2. The van der Waals surface area contributed by atoms with Crippen molar-refractivity contribution in [1.82, 2.24) is 10.2 Å². The van der Waals surface area contributed by atoms with Crippen molar-refractivity contribution < 1.29 is 14.4 Å². The van der Waals surface area contributed by atoms with Crippen molar-refractivity contribution in [3.63, 3.8) is 0 Å². The first-order valence-electron chi connectivity index (χ1n) is 6.80. The molecule has 106 valence electrons. The van der Waals surface area contributed by atoms with Crippen molar-refractivity contribution in [3.8, 4) is 0 Å². The van der Waals surface area contributed by atoms with Crippen LogP contribution in [0.5, 0.6) is 0 Å². The first-order valence-corrected chi connectivity index (χ1v) is 6.80. The maximum atomic E-state index is 12.4. The van der Waals surface area contributed by atoms with E-state index in [4.69, 9.17) is 5.73 Å². The fourth-order valence-electron chi connectivity index (χ4n) is 3.00. The van der Waals surface area contributed by atoms with Crippen LogP contribution in [0.15, 0.2) is 0 Å². The average molecular weight is 267 g/mol. The standard InChI is InChI=1S/C13H21N3O3/c1-7(14)12(18)15-10-5-3-9-4-6-11(8(2)17)16(9)13(10)19/h7,9-11H,3-6,14H2,1-2H3,(H,15,18)/t7-,9-,10-,11-/m0/s1. The second-order valence-corrected chi connectivity index (χ2v) is 5.53. The maximum absolute atomic E-state index is 12.4. The Morgan fingerprint density at radius 3 is 2.53 bits per heavy atom. The number of hydrogen-bond acceptors (Lipinski definition) is 4. The lowest BCUT2D eigenvalue weighted by Gasteiger charge is -2.37. The van der Waals surface area contributed by atoms with Gasteiger partial charge in [0.2, 0.25) is 11.8 Å². The molecule has 2 amide bonds. The predicted octanol–water partition coefficient (Wildman–Crippen LogP) is -0.439. The first-order chi connectivity index (χ1) is 8.91. The molecule has 3 N–H and O–H groups in total. The Labute approximate surface area is 112 Å². The van der Waals surface area contributed by atoms with Gasteiger partial charge in [-0.15, -0.1) is 0 Å². The third-order valence-electron chi connectivity index (χ3n) is 4.04. The van der Waals surface area contributed by atoms with E-state index < -0.39 is 12.1 Å². The van der Waals surface area contributed by atoms with Crippen molar-refractivity contribution in [2.45, 2.75) is 63.7 Å². The first kappa shape index (κ1) is 14.0. The summed E-state index contributed by atoms with van der Waals surface area (Å²) in [6, 6.07) is -1.32. The van der Waals surface area contributed by atoms with Crippen LogP contribution in [0, 0.1) is 0 Å². The highest BCUT2D eigenvalue weighted by Crippen LogP contribution is 2.32. The highest BCUT2D eigenvalue weighted by atomic mass is 16.2. The second kappa shape index (κ2) is 5.28. The van der Waals surface area contributed by atoms with Crippen molar-refractivity contribution in [1.29, 1.82) is 0 Å². The second-order valence-electron chi connectivity index (χ2n) is 5.53. The van der Waals surface area contributed by atoms with Gasteiger partial charge in [-0.1, -0.05) is 0 Å². The molecule has 0 aromatic rings. The van der Waals surface area contributed by atoms with Crippen LogP contribution in [0.4, 0.5) is 0 Å². The summed E-state index contributed by atoms with van der Waals surface area (Å²) in [7, 11) is 0. The van der Waals surface area contributed by atoms with Gasteiger partial charge in [0.1, 0.15) is 6.04 Å². The molecule has 6 nitrogen and oxygen atoms in total. The van der Waals surface area contributed by atoms with E-state index in [-0.39, 0.29) is 29.7 Å². The number of carbonyl (C=O) groups excluding carboxylic acids is 3.